The van der Waals surface area contributed by atoms with Gasteiger partial charge in [-0.25, -0.2) is 0 Å². The van der Waals surface area contributed by atoms with Crippen molar-refractivity contribution < 1.29 is 9.59 Å². The first-order valence-corrected chi connectivity index (χ1v) is 7.83. The zero-order valence-electron chi connectivity index (χ0n) is 11.8. The maximum absolute atomic E-state index is 12.4. The molecule has 0 aliphatic carbocycles. The number of carbonyl (C=O) groups excluding carboxylic acids is 2. The van der Waals surface area contributed by atoms with Gasteiger partial charge in [0.2, 0.25) is 5.91 Å². The molecule has 1 aliphatic heterocycles. The number of halogens is 1. The van der Waals surface area contributed by atoms with Crippen LogP contribution in [0.5, 0.6) is 0 Å². The molecule has 0 spiro atoms. The van der Waals surface area contributed by atoms with Gasteiger partial charge in [-0.15, -0.1) is 0 Å². The fraction of sp³-hybridized carbons (Fsp3) is 0.467. The van der Waals surface area contributed by atoms with Gasteiger partial charge in [-0.2, -0.15) is 0 Å². The van der Waals surface area contributed by atoms with E-state index < -0.39 is 0 Å². The second kappa shape index (κ2) is 6.56. The van der Waals surface area contributed by atoms with Gasteiger partial charge in [0.25, 0.3) is 5.91 Å². The third-order valence-corrected chi connectivity index (χ3v) is 4.31. The summed E-state index contributed by atoms with van der Waals surface area (Å²) in [7, 11) is 3.57. The number of nitrogens with zero attached hydrogens (tertiary/aromatic N) is 2. The minimum atomic E-state index is 0.0601. The molecule has 0 aromatic heterocycles. The first-order chi connectivity index (χ1) is 9.49. The van der Waals surface area contributed by atoms with Crippen molar-refractivity contribution in [3.8, 4) is 0 Å². The van der Waals surface area contributed by atoms with Gasteiger partial charge in [0.1, 0.15) is 0 Å². The van der Waals surface area contributed by atoms with Gasteiger partial charge < -0.3 is 9.80 Å². The van der Waals surface area contributed by atoms with Crippen molar-refractivity contribution in [2.75, 3.05) is 27.2 Å². The van der Waals surface area contributed by atoms with Crippen LogP contribution < -0.4 is 0 Å². The summed E-state index contributed by atoms with van der Waals surface area (Å²) in [6.07, 6.45) is 1.51. The SMILES string of the molecule is CN(C)C(=O)C1CCN(C(=O)c2cccc(I)c2)CC1. The highest BCUT2D eigenvalue weighted by atomic mass is 127. The lowest BCUT2D eigenvalue weighted by molar-refractivity contribution is -0.134. The zero-order valence-corrected chi connectivity index (χ0v) is 14.0. The van der Waals surface area contributed by atoms with E-state index in [1.807, 2.05) is 29.2 Å². The van der Waals surface area contributed by atoms with Crippen LogP contribution >= 0.6 is 22.6 Å². The molecule has 0 saturated carbocycles. The first kappa shape index (κ1) is 15.3. The summed E-state index contributed by atoms with van der Waals surface area (Å²) in [5.41, 5.74) is 0.731. The smallest absolute Gasteiger partial charge is 0.253 e. The standard InChI is InChI=1S/C15H19IN2O2/c1-17(2)14(19)11-6-8-18(9-7-11)15(20)12-4-3-5-13(16)10-12/h3-5,10-11H,6-9H2,1-2H3. The van der Waals surface area contributed by atoms with Gasteiger partial charge in [-0.1, -0.05) is 6.07 Å². The first-order valence-electron chi connectivity index (χ1n) is 6.75. The predicted octanol–water partition coefficient (Wildman–Crippen LogP) is 2.23. The third-order valence-electron chi connectivity index (χ3n) is 3.64. The second-order valence-electron chi connectivity index (χ2n) is 5.31. The second-order valence-corrected chi connectivity index (χ2v) is 6.56. The summed E-state index contributed by atoms with van der Waals surface area (Å²) < 4.78 is 1.06. The van der Waals surface area contributed by atoms with Gasteiger partial charge in [0, 0.05) is 42.2 Å². The molecule has 1 saturated heterocycles. The van der Waals surface area contributed by atoms with Crippen LogP contribution in [-0.4, -0.2) is 48.8 Å². The molecule has 1 aromatic rings. The predicted molar refractivity (Wildman–Crippen MR) is 86.5 cm³/mol. The lowest BCUT2D eigenvalue weighted by Gasteiger charge is -2.32. The van der Waals surface area contributed by atoms with Crippen LogP contribution in [0.4, 0.5) is 0 Å². The number of hydrogen-bond donors (Lipinski definition) is 0. The quantitative estimate of drug-likeness (QED) is 0.732. The molecular formula is C15H19IN2O2. The van der Waals surface area contributed by atoms with E-state index >= 15 is 0 Å². The van der Waals surface area contributed by atoms with Crippen molar-refractivity contribution in [2.45, 2.75) is 12.8 Å². The molecule has 2 rings (SSSR count). The van der Waals surface area contributed by atoms with Crippen LogP contribution in [0, 0.1) is 9.49 Å². The normalized spacial score (nSPS) is 16.1. The molecule has 0 N–H and O–H groups in total. The van der Waals surface area contributed by atoms with Crippen molar-refractivity contribution in [1.29, 1.82) is 0 Å². The van der Waals surface area contributed by atoms with E-state index in [4.69, 9.17) is 0 Å². The Kier molecular flexibility index (Phi) is 5.01. The van der Waals surface area contributed by atoms with Crippen LogP contribution in [0.25, 0.3) is 0 Å². The number of benzene rings is 1. The summed E-state index contributed by atoms with van der Waals surface area (Å²) in [6.45, 7) is 1.32. The van der Waals surface area contributed by atoms with E-state index in [1.165, 1.54) is 0 Å². The summed E-state index contributed by atoms with van der Waals surface area (Å²) in [5, 5.41) is 0. The fourth-order valence-corrected chi connectivity index (χ4v) is 3.04. The van der Waals surface area contributed by atoms with Crippen LogP contribution in [0.3, 0.4) is 0 Å². The molecule has 0 radical (unpaired) electrons. The molecule has 0 bridgehead atoms. The number of piperidine rings is 1. The van der Waals surface area contributed by atoms with Gasteiger partial charge in [-0.05, 0) is 53.6 Å². The van der Waals surface area contributed by atoms with E-state index in [-0.39, 0.29) is 17.7 Å². The van der Waals surface area contributed by atoms with Crippen molar-refractivity contribution >= 4 is 34.4 Å². The molecule has 20 heavy (non-hydrogen) atoms. The summed E-state index contributed by atoms with van der Waals surface area (Å²) in [6, 6.07) is 7.62. The van der Waals surface area contributed by atoms with Gasteiger partial charge in [0.15, 0.2) is 0 Å². The highest BCUT2D eigenvalue weighted by Gasteiger charge is 2.28. The Labute approximate surface area is 133 Å². The Morgan fingerprint density at radius 1 is 1.25 bits per heavy atom. The molecule has 2 amide bonds. The van der Waals surface area contributed by atoms with Crippen LogP contribution in [0.2, 0.25) is 0 Å². The molecule has 1 aliphatic rings. The largest absolute Gasteiger partial charge is 0.349 e. The maximum atomic E-state index is 12.4. The number of amides is 2. The van der Waals surface area contributed by atoms with E-state index in [1.54, 1.807) is 19.0 Å². The lowest BCUT2D eigenvalue weighted by atomic mass is 9.95. The van der Waals surface area contributed by atoms with Crippen LogP contribution in [0.1, 0.15) is 23.2 Å². The number of carbonyl (C=O) groups is 2. The van der Waals surface area contributed by atoms with Gasteiger partial charge in [0.05, 0.1) is 0 Å². The molecule has 1 heterocycles. The Bertz CT molecular complexity index is 508. The van der Waals surface area contributed by atoms with Crippen LogP contribution in [-0.2, 0) is 4.79 Å². The van der Waals surface area contributed by atoms with Crippen LogP contribution in [0.15, 0.2) is 24.3 Å². The molecule has 5 heteroatoms. The monoisotopic (exact) mass is 386 g/mol. The minimum absolute atomic E-state index is 0.0601. The summed E-state index contributed by atoms with van der Waals surface area (Å²) in [4.78, 5) is 27.8. The number of likely N-dealkylation sites (tertiary alicyclic amines) is 1. The van der Waals surface area contributed by atoms with E-state index in [2.05, 4.69) is 22.6 Å². The van der Waals surface area contributed by atoms with E-state index in [0.717, 1.165) is 22.0 Å². The van der Waals surface area contributed by atoms with Gasteiger partial charge in [-0.3, -0.25) is 9.59 Å². The average molecular weight is 386 g/mol. The van der Waals surface area contributed by atoms with Crippen molar-refractivity contribution in [1.82, 2.24) is 9.80 Å². The summed E-state index contributed by atoms with van der Waals surface area (Å²) >= 11 is 2.21. The topological polar surface area (TPSA) is 40.6 Å². The minimum Gasteiger partial charge on any atom is -0.349 e. The summed E-state index contributed by atoms with van der Waals surface area (Å²) in [5.74, 6) is 0.301. The Balaban J connectivity index is 1.97. The van der Waals surface area contributed by atoms with E-state index in [9.17, 15) is 9.59 Å². The Morgan fingerprint density at radius 2 is 1.90 bits per heavy atom. The third kappa shape index (κ3) is 3.50. The Morgan fingerprint density at radius 3 is 2.45 bits per heavy atom. The average Bonchev–Trinajstić information content (AvgIpc) is 2.46. The van der Waals surface area contributed by atoms with Gasteiger partial charge >= 0.3 is 0 Å². The lowest BCUT2D eigenvalue weighted by Crippen LogP contribution is -2.42. The molecule has 1 aromatic carbocycles. The molecule has 108 valence electrons. The molecular weight excluding hydrogens is 367 g/mol. The van der Waals surface area contributed by atoms with E-state index in [0.29, 0.717) is 13.1 Å². The highest BCUT2D eigenvalue weighted by Crippen LogP contribution is 2.21. The highest BCUT2D eigenvalue weighted by molar-refractivity contribution is 14.1. The molecule has 4 nitrogen and oxygen atoms in total. The zero-order chi connectivity index (χ0) is 14.7. The maximum Gasteiger partial charge on any atom is 0.253 e. The Hall–Kier alpha value is -1.11. The fourth-order valence-electron chi connectivity index (χ4n) is 2.50. The van der Waals surface area contributed by atoms with Crippen molar-refractivity contribution in [2.24, 2.45) is 5.92 Å². The number of rotatable bonds is 2. The van der Waals surface area contributed by atoms with Crippen molar-refractivity contribution in [3.05, 3.63) is 33.4 Å². The molecule has 0 atom stereocenters. The number of hydrogen-bond acceptors (Lipinski definition) is 2. The molecule has 0 unspecified atom stereocenters. The van der Waals surface area contributed by atoms with Crippen molar-refractivity contribution in [3.63, 3.8) is 0 Å². The molecule has 1 fully saturated rings.